The minimum atomic E-state index is -0.265. The van der Waals surface area contributed by atoms with Crippen LogP contribution in [0.2, 0.25) is 0 Å². The Kier molecular flexibility index (Phi) is 4.05. The maximum atomic E-state index is 10.2. The van der Waals surface area contributed by atoms with Gasteiger partial charge < -0.3 is 10.5 Å². The van der Waals surface area contributed by atoms with Crippen molar-refractivity contribution in [3.63, 3.8) is 0 Å². The van der Waals surface area contributed by atoms with Crippen LogP contribution in [0.1, 0.15) is 19.8 Å². The largest absolute Gasteiger partial charge is 0.382 e. The third-order valence-corrected chi connectivity index (χ3v) is 1.20. The molecule has 3 heteroatoms. The zero-order chi connectivity index (χ0) is 7.28. The van der Waals surface area contributed by atoms with Crippen molar-refractivity contribution < 1.29 is 9.53 Å². The SMILES string of the molecule is COC(C)CCC(N)=O. The van der Waals surface area contributed by atoms with Gasteiger partial charge in [-0.25, -0.2) is 0 Å². The first-order valence-electron chi connectivity index (χ1n) is 2.98. The molecule has 0 rings (SSSR count). The lowest BCUT2D eigenvalue weighted by molar-refractivity contribution is -0.118. The number of hydrogen-bond acceptors (Lipinski definition) is 2. The summed E-state index contributed by atoms with van der Waals surface area (Å²) in [6.07, 6.45) is 1.26. The Morgan fingerprint density at radius 2 is 2.33 bits per heavy atom. The Hall–Kier alpha value is -0.570. The van der Waals surface area contributed by atoms with Crippen molar-refractivity contribution >= 4 is 5.91 Å². The lowest BCUT2D eigenvalue weighted by atomic mass is 10.2. The molecule has 0 bridgehead atoms. The number of nitrogens with two attached hydrogens (primary N) is 1. The molecule has 3 nitrogen and oxygen atoms in total. The zero-order valence-electron chi connectivity index (χ0n) is 5.89. The summed E-state index contributed by atoms with van der Waals surface area (Å²) >= 11 is 0. The van der Waals surface area contributed by atoms with Gasteiger partial charge in [0.05, 0.1) is 6.10 Å². The molecule has 2 N–H and O–H groups in total. The average molecular weight is 131 g/mol. The number of ether oxygens (including phenoxy) is 1. The molecule has 0 saturated heterocycles. The van der Waals surface area contributed by atoms with Crippen LogP contribution in [0.5, 0.6) is 0 Å². The third-order valence-electron chi connectivity index (χ3n) is 1.20. The van der Waals surface area contributed by atoms with Crippen LogP contribution in [0, 0.1) is 0 Å². The van der Waals surface area contributed by atoms with E-state index < -0.39 is 0 Å². The second-order valence-electron chi connectivity index (χ2n) is 2.05. The molecule has 1 atom stereocenters. The topological polar surface area (TPSA) is 52.3 Å². The molecule has 0 aromatic heterocycles. The van der Waals surface area contributed by atoms with Gasteiger partial charge in [-0.05, 0) is 13.3 Å². The van der Waals surface area contributed by atoms with Gasteiger partial charge in [0.1, 0.15) is 0 Å². The van der Waals surface area contributed by atoms with Crippen LogP contribution in [0.3, 0.4) is 0 Å². The molecule has 0 saturated carbocycles. The summed E-state index contributed by atoms with van der Waals surface area (Å²) in [5, 5.41) is 0. The number of amides is 1. The smallest absolute Gasteiger partial charge is 0.217 e. The van der Waals surface area contributed by atoms with E-state index in [-0.39, 0.29) is 12.0 Å². The van der Waals surface area contributed by atoms with Gasteiger partial charge in [-0.15, -0.1) is 0 Å². The van der Waals surface area contributed by atoms with Crippen molar-refractivity contribution in [3.8, 4) is 0 Å². The van der Waals surface area contributed by atoms with Gasteiger partial charge in [-0.1, -0.05) is 0 Å². The average Bonchev–Trinajstić information content (AvgIpc) is 1.83. The van der Waals surface area contributed by atoms with Gasteiger partial charge in [-0.3, -0.25) is 4.79 Å². The summed E-state index contributed by atoms with van der Waals surface area (Å²) in [4.78, 5) is 10.2. The molecular weight excluding hydrogens is 118 g/mol. The molecule has 0 radical (unpaired) electrons. The number of rotatable bonds is 4. The fourth-order valence-corrected chi connectivity index (χ4v) is 0.463. The molecule has 0 aliphatic rings. The normalized spacial score (nSPS) is 13.1. The van der Waals surface area contributed by atoms with Crippen LogP contribution in [0.4, 0.5) is 0 Å². The van der Waals surface area contributed by atoms with Crippen LogP contribution >= 0.6 is 0 Å². The number of carbonyl (C=O) groups excluding carboxylic acids is 1. The van der Waals surface area contributed by atoms with E-state index in [4.69, 9.17) is 10.5 Å². The number of primary amides is 1. The summed E-state index contributed by atoms with van der Waals surface area (Å²) in [5.41, 5.74) is 4.90. The van der Waals surface area contributed by atoms with Crippen molar-refractivity contribution in [2.24, 2.45) is 5.73 Å². The Balaban J connectivity index is 3.16. The Morgan fingerprint density at radius 1 is 1.78 bits per heavy atom. The van der Waals surface area contributed by atoms with E-state index in [9.17, 15) is 4.79 Å². The summed E-state index contributed by atoms with van der Waals surface area (Å²) in [6, 6.07) is 0. The molecule has 0 aromatic rings. The Bertz CT molecular complexity index is 93.1. The molecular formula is C6H13NO2. The third kappa shape index (κ3) is 5.30. The lowest BCUT2D eigenvalue weighted by Gasteiger charge is -2.05. The summed E-state index contributed by atoms with van der Waals surface area (Å²) < 4.78 is 4.89. The van der Waals surface area contributed by atoms with Gasteiger partial charge in [0, 0.05) is 13.5 Å². The predicted octanol–water partition coefficient (Wildman–Crippen LogP) is 0.287. The van der Waals surface area contributed by atoms with Crippen molar-refractivity contribution in [2.75, 3.05) is 7.11 Å². The molecule has 0 aliphatic heterocycles. The minimum Gasteiger partial charge on any atom is -0.382 e. The van der Waals surface area contributed by atoms with E-state index in [1.807, 2.05) is 6.92 Å². The Morgan fingerprint density at radius 3 is 2.67 bits per heavy atom. The van der Waals surface area contributed by atoms with Crippen LogP contribution in [-0.2, 0) is 9.53 Å². The molecule has 0 aromatic carbocycles. The molecule has 0 fully saturated rings. The standard InChI is InChI=1S/C6H13NO2/c1-5(9-2)3-4-6(7)8/h5H,3-4H2,1-2H3,(H2,7,8). The fraction of sp³-hybridized carbons (Fsp3) is 0.833. The van der Waals surface area contributed by atoms with Gasteiger partial charge in [0.15, 0.2) is 0 Å². The quantitative estimate of drug-likeness (QED) is 0.596. The number of carbonyl (C=O) groups is 1. The second kappa shape index (κ2) is 4.32. The van der Waals surface area contributed by atoms with E-state index in [1.165, 1.54) is 0 Å². The van der Waals surface area contributed by atoms with Crippen LogP contribution < -0.4 is 5.73 Å². The molecule has 0 aliphatic carbocycles. The van der Waals surface area contributed by atoms with Crippen molar-refractivity contribution in [1.29, 1.82) is 0 Å². The van der Waals surface area contributed by atoms with E-state index >= 15 is 0 Å². The predicted molar refractivity (Wildman–Crippen MR) is 34.9 cm³/mol. The van der Waals surface area contributed by atoms with E-state index in [0.717, 1.165) is 0 Å². The maximum Gasteiger partial charge on any atom is 0.217 e. The van der Waals surface area contributed by atoms with Crippen molar-refractivity contribution in [2.45, 2.75) is 25.9 Å². The first-order valence-corrected chi connectivity index (χ1v) is 2.98. The minimum absolute atomic E-state index is 0.137. The van der Waals surface area contributed by atoms with Gasteiger partial charge in [-0.2, -0.15) is 0 Å². The zero-order valence-corrected chi connectivity index (χ0v) is 5.89. The molecule has 0 spiro atoms. The van der Waals surface area contributed by atoms with Crippen molar-refractivity contribution in [3.05, 3.63) is 0 Å². The fourth-order valence-electron chi connectivity index (χ4n) is 0.463. The molecule has 9 heavy (non-hydrogen) atoms. The first kappa shape index (κ1) is 8.43. The van der Waals surface area contributed by atoms with E-state index in [2.05, 4.69) is 0 Å². The lowest BCUT2D eigenvalue weighted by Crippen LogP contribution is -2.14. The van der Waals surface area contributed by atoms with Crippen LogP contribution in [-0.4, -0.2) is 19.1 Å². The van der Waals surface area contributed by atoms with Gasteiger partial charge in [0.2, 0.25) is 5.91 Å². The maximum absolute atomic E-state index is 10.2. The molecule has 1 amide bonds. The van der Waals surface area contributed by atoms with Gasteiger partial charge >= 0.3 is 0 Å². The molecule has 0 heterocycles. The highest BCUT2D eigenvalue weighted by Gasteiger charge is 2.00. The van der Waals surface area contributed by atoms with Crippen molar-refractivity contribution in [1.82, 2.24) is 0 Å². The first-order chi connectivity index (χ1) is 4.16. The van der Waals surface area contributed by atoms with E-state index in [1.54, 1.807) is 7.11 Å². The molecule has 1 unspecified atom stereocenters. The van der Waals surface area contributed by atoms with Gasteiger partial charge in [0.25, 0.3) is 0 Å². The number of methoxy groups -OCH3 is 1. The highest BCUT2D eigenvalue weighted by Crippen LogP contribution is 1.97. The highest BCUT2D eigenvalue weighted by molar-refractivity contribution is 5.73. The Labute approximate surface area is 55.2 Å². The monoisotopic (exact) mass is 131 g/mol. The van der Waals surface area contributed by atoms with Crippen LogP contribution in [0.25, 0.3) is 0 Å². The summed E-state index contributed by atoms with van der Waals surface area (Å²) in [5.74, 6) is -0.265. The molecule has 54 valence electrons. The summed E-state index contributed by atoms with van der Waals surface area (Å²) in [6.45, 7) is 1.91. The van der Waals surface area contributed by atoms with E-state index in [0.29, 0.717) is 12.8 Å². The number of hydrogen-bond donors (Lipinski definition) is 1. The highest BCUT2D eigenvalue weighted by atomic mass is 16.5. The van der Waals surface area contributed by atoms with Crippen LogP contribution in [0.15, 0.2) is 0 Å². The second-order valence-corrected chi connectivity index (χ2v) is 2.05. The summed E-state index contributed by atoms with van der Waals surface area (Å²) in [7, 11) is 1.62.